The lowest BCUT2D eigenvalue weighted by Crippen LogP contribution is -2.31. The molecule has 1 aliphatic carbocycles. The van der Waals surface area contributed by atoms with Crippen molar-refractivity contribution in [3.63, 3.8) is 0 Å². The highest BCUT2D eigenvalue weighted by atomic mass is 16.2. The number of anilines is 1. The molecule has 1 aromatic heterocycles. The molecular weight excluding hydrogens is 354 g/mol. The first-order valence-corrected chi connectivity index (χ1v) is 9.81. The Hall–Kier alpha value is -2.89. The molecule has 0 unspecified atom stereocenters. The normalized spacial score (nSPS) is 24.4. The van der Waals surface area contributed by atoms with Crippen molar-refractivity contribution in [3.05, 3.63) is 53.3 Å². The standard InChI is InChI=1S/C22H25N3O3/c1-13-4-11-18-19(12-13)22(28)24(21(18)27)17-9-7-16(8-10-17)20(26)23-25-14(2)5-6-15(25)3/h5-10,13,18-19H,4,11-12H2,1-3H3,(H,23,26)/t13-,18-,19+/m1/s1. The van der Waals surface area contributed by atoms with Crippen LogP contribution >= 0.6 is 0 Å². The maximum atomic E-state index is 12.8. The van der Waals surface area contributed by atoms with Crippen LogP contribution in [0.5, 0.6) is 0 Å². The molecule has 2 aliphatic rings. The Morgan fingerprint density at radius 2 is 1.54 bits per heavy atom. The maximum Gasteiger partial charge on any atom is 0.270 e. The summed E-state index contributed by atoms with van der Waals surface area (Å²) in [4.78, 5) is 39.5. The predicted octanol–water partition coefficient (Wildman–Crippen LogP) is 3.41. The molecular formula is C22H25N3O3. The zero-order chi connectivity index (χ0) is 20.0. The number of hydrogen-bond donors (Lipinski definition) is 1. The van der Waals surface area contributed by atoms with Crippen molar-refractivity contribution in [2.75, 3.05) is 10.3 Å². The lowest BCUT2D eigenvalue weighted by Gasteiger charge is -2.25. The number of carbonyl (C=O) groups is 3. The summed E-state index contributed by atoms with van der Waals surface area (Å²) in [6.45, 7) is 5.97. The number of aryl methyl sites for hydroxylation is 2. The molecule has 3 atom stereocenters. The van der Waals surface area contributed by atoms with Crippen molar-refractivity contribution in [1.82, 2.24) is 4.68 Å². The number of nitrogens with one attached hydrogen (secondary N) is 1. The summed E-state index contributed by atoms with van der Waals surface area (Å²) in [5.41, 5.74) is 5.75. The number of hydrogen-bond acceptors (Lipinski definition) is 3. The van der Waals surface area contributed by atoms with Gasteiger partial charge in [-0.05, 0) is 75.4 Å². The maximum absolute atomic E-state index is 12.8. The van der Waals surface area contributed by atoms with Gasteiger partial charge in [0.15, 0.2) is 0 Å². The molecule has 2 aromatic rings. The van der Waals surface area contributed by atoms with Gasteiger partial charge < -0.3 is 0 Å². The Labute approximate surface area is 164 Å². The predicted molar refractivity (Wildman–Crippen MR) is 107 cm³/mol. The third-order valence-corrected chi connectivity index (χ3v) is 6.06. The van der Waals surface area contributed by atoms with Gasteiger partial charge in [0.25, 0.3) is 5.91 Å². The second-order valence-electron chi connectivity index (χ2n) is 8.08. The summed E-state index contributed by atoms with van der Waals surface area (Å²) in [7, 11) is 0. The molecule has 1 N–H and O–H groups in total. The molecule has 1 aromatic carbocycles. The van der Waals surface area contributed by atoms with E-state index in [4.69, 9.17) is 0 Å². The molecule has 2 fully saturated rings. The smallest absolute Gasteiger partial charge is 0.270 e. The minimum atomic E-state index is -0.240. The monoisotopic (exact) mass is 379 g/mol. The summed E-state index contributed by atoms with van der Waals surface area (Å²) >= 11 is 0. The molecule has 3 amide bonds. The van der Waals surface area contributed by atoms with Crippen molar-refractivity contribution in [3.8, 4) is 0 Å². The van der Waals surface area contributed by atoms with Crippen molar-refractivity contribution >= 4 is 23.4 Å². The van der Waals surface area contributed by atoms with E-state index in [0.717, 1.165) is 30.7 Å². The fourth-order valence-electron chi connectivity index (χ4n) is 4.42. The molecule has 6 heteroatoms. The Balaban J connectivity index is 1.52. The second kappa shape index (κ2) is 6.93. The van der Waals surface area contributed by atoms with Crippen LogP contribution in [0.1, 0.15) is 47.9 Å². The summed E-state index contributed by atoms with van der Waals surface area (Å²) < 4.78 is 1.73. The number of rotatable bonds is 3. The first-order chi connectivity index (χ1) is 13.4. The lowest BCUT2D eigenvalue weighted by molar-refractivity contribution is -0.122. The van der Waals surface area contributed by atoms with Gasteiger partial charge in [0.1, 0.15) is 0 Å². The average Bonchev–Trinajstić information content (AvgIpc) is 3.12. The Bertz CT molecular complexity index is 925. The van der Waals surface area contributed by atoms with Gasteiger partial charge in [0.05, 0.1) is 17.5 Å². The SMILES string of the molecule is Cc1ccc(C)n1NC(=O)c1ccc(N2C(=O)[C@H]3C[C@H](C)CC[C@H]3C2=O)cc1. The zero-order valence-corrected chi connectivity index (χ0v) is 16.4. The summed E-state index contributed by atoms with van der Waals surface area (Å²) in [6.07, 6.45) is 2.55. The third kappa shape index (κ3) is 3.03. The van der Waals surface area contributed by atoms with Crippen LogP contribution in [-0.4, -0.2) is 22.4 Å². The van der Waals surface area contributed by atoms with Gasteiger partial charge in [-0.25, -0.2) is 0 Å². The van der Waals surface area contributed by atoms with E-state index >= 15 is 0 Å². The highest BCUT2D eigenvalue weighted by Gasteiger charge is 2.49. The molecule has 28 heavy (non-hydrogen) atoms. The van der Waals surface area contributed by atoms with Crippen LogP contribution in [0.4, 0.5) is 5.69 Å². The highest BCUT2D eigenvalue weighted by Crippen LogP contribution is 2.42. The zero-order valence-electron chi connectivity index (χ0n) is 16.4. The van der Waals surface area contributed by atoms with E-state index < -0.39 is 0 Å². The van der Waals surface area contributed by atoms with Crippen molar-refractivity contribution < 1.29 is 14.4 Å². The van der Waals surface area contributed by atoms with Crippen LogP contribution in [0.15, 0.2) is 36.4 Å². The minimum absolute atomic E-state index is 0.0994. The van der Waals surface area contributed by atoms with E-state index in [2.05, 4.69) is 12.3 Å². The van der Waals surface area contributed by atoms with Gasteiger partial charge in [-0.1, -0.05) is 6.92 Å². The van der Waals surface area contributed by atoms with E-state index in [9.17, 15) is 14.4 Å². The Morgan fingerprint density at radius 3 is 2.18 bits per heavy atom. The molecule has 1 saturated carbocycles. The van der Waals surface area contributed by atoms with Gasteiger partial charge in [0.2, 0.25) is 11.8 Å². The Kier molecular flexibility index (Phi) is 4.57. The molecule has 1 saturated heterocycles. The van der Waals surface area contributed by atoms with E-state index in [0.29, 0.717) is 17.2 Å². The number of amides is 3. The van der Waals surface area contributed by atoms with Crippen LogP contribution in [0.25, 0.3) is 0 Å². The number of imide groups is 1. The number of fused-ring (bicyclic) bond motifs is 1. The van der Waals surface area contributed by atoms with Crippen molar-refractivity contribution in [1.29, 1.82) is 0 Å². The van der Waals surface area contributed by atoms with Gasteiger partial charge >= 0.3 is 0 Å². The Morgan fingerprint density at radius 1 is 0.929 bits per heavy atom. The summed E-state index contributed by atoms with van der Waals surface area (Å²) in [5.74, 6) is -0.347. The van der Waals surface area contributed by atoms with Crippen LogP contribution in [0.2, 0.25) is 0 Å². The van der Waals surface area contributed by atoms with Crippen LogP contribution in [0.3, 0.4) is 0 Å². The highest BCUT2D eigenvalue weighted by molar-refractivity contribution is 6.22. The molecule has 0 radical (unpaired) electrons. The fraction of sp³-hybridized carbons (Fsp3) is 0.409. The number of benzene rings is 1. The van der Waals surface area contributed by atoms with E-state index in [1.807, 2.05) is 26.0 Å². The number of aromatic nitrogens is 1. The van der Waals surface area contributed by atoms with E-state index in [1.54, 1.807) is 28.9 Å². The molecule has 4 rings (SSSR count). The first-order valence-electron chi connectivity index (χ1n) is 9.81. The van der Waals surface area contributed by atoms with E-state index in [1.165, 1.54) is 4.90 Å². The van der Waals surface area contributed by atoms with Gasteiger partial charge in [-0.3, -0.25) is 29.4 Å². The molecule has 146 valence electrons. The topological polar surface area (TPSA) is 71.4 Å². The van der Waals surface area contributed by atoms with E-state index in [-0.39, 0.29) is 29.6 Å². The van der Waals surface area contributed by atoms with Gasteiger partial charge in [-0.2, -0.15) is 0 Å². The number of carbonyl (C=O) groups excluding carboxylic acids is 3. The minimum Gasteiger partial charge on any atom is -0.274 e. The molecule has 0 bridgehead atoms. The first kappa shape index (κ1) is 18.5. The van der Waals surface area contributed by atoms with Crippen molar-refractivity contribution in [2.24, 2.45) is 17.8 Å². The van der Waals surface area contributed by atoms with Crippen molar-refractivity contribution in [2.45, 2.75) is 40.0 Å². The van der Waals surface area contributed by atoms with Gasteiger partial charge in [0, 0.05) is 17.0 Å². The quantitative estimate of drug-likeness (QED) is 0.831. The van der Waals surface area contributed by atoms with Crippen LogP contribution in [0, 0.1) is 31.6 Å². The molecule has 6 nitrogen and oxygen atoms in total. The van der Waals surface area contributed by atoms with Crippen LogP contribution in [-0.2, 0) is 9.59 Å². The summed E-state index contributed by atoms with van der Waals surface area (Å²) in [5, 5.41) is 0. The molecule has 1 aliphatic heterocycles. The molecule has 0 spiro atoms. The fourth-order valence-corrected chi connectivity index (χ4v) is 4.42. The van der Waals surface area contributed by atoms with Gasteiger partial charge in [-0.15, -0.1) is 0 Å². The average molecular weight is 379 g/mol. The molecule has 2 heterocycles. The number of nitrogens with zero attached hydrogens (tertiary/aromatic N) is 2. The second-order valence-corrected chi connectivity index (χ2v) is 8.08. The van der Waals surface area contributed by atoms with Crippen LogP contribution < -0.4 is 10.3 Å². The third-order valence-electron chi connectivity index (χ3n) is 6.06. The largest absolute Gasteiger partial charge is 0.274 e. The lowest BCUT2D eigenvalue weighted by atomic mass is 9.76. The summed E-state index contributed by atoms with van der Waals surface area (Å²) in [6, 6.07) is 10.5.